The van der Waals surface area contributed by atoms with Gasteiger partial charge in [0.25, 0.3) is 5.91 Å². The quantitative estimate of drug-likeness (QED) is 0.821. The minimum Gasteiger partial charge on any atom is -0.305 e. The molecule has 0 aromatic heterocycles. The van der Waals surface area contributed by atoms with E-state index in [9.17, 15) is 4.79 Å². The number of carbonyl (C=O) groups is 1. The third-order valence-electron chi connectivity index (χ3n) is 3.27. The molecule has 1 fully saturated rings. The van der Waals surface area contributed by atoms with Crippen LogP contribution in [0.4, 0.5) is 5.69 Å². The number of hydrogen-bond donors (Lipinski definition) is 0. The van der Waals surface area contributed by atoms with Crippen LogP contribution in [0.1, 0.15) is 23.2 Å². The Morgan fingerprint density at radius 2 is 1.63 bits per heavy atom. The zero-order valence-corrected chi connectivity index (χ0v) is 11.2. The Bertz CT molecular complexity index is 593. The minimum atomic E-state index is -0.0145. The molecule has 0 unspecified atom stereocenters. The second kappa shape index (κ2) is 5.06. The molecule has 2 aromatic carbocycles. The molecule has 0 bridgehead atoms. The molecule has 19 heavy (non-hydrogen) atoms. The Morgan fingerprint density at radius 3 is 2.26 bits per heavy atom. The SMILES string of the molecule is O=C(c1ccccc1Cl)N(c1ccccc1)C1CC1. The number of rotatable bonds is 3. The van der Waals surface area contributed by atoms with Gasteiger partial charge in [-0.3, -0.25) is 4.79 Å². The summed E-state index contributed by atoms with van der Waals surface area (Å²) in [6.45, 7) is 0. The van der Waals surface area contributed by atoms with Gasteiger partial charge in [-0.05, 0) is 37.1 Å². The standard InChI is InChI=1S/C16H14ClNO/c17-15-9-5-4-8-14(15)16(19)18(13-10-11-13)12-6-2-1-3-7-12/h1-9,13H,10-11H2. The predicted molar refractivity (Wildman–Crippen MR) is 77.7 cm³/mol. The van der Waals surface area contributed by atoms with Crippen LogP contribution in [0.3, 0.4) is 0 Å². The lowest BCUT2D eigenvalue weighted by Crippen LogP contribution is -2.33. The summed E-state index contributed by atoms with van der Waals surface area (Å²) >= 11 is 6.13. The van der Waals surface area contributed by atoms with Gasteiger partial charge < -0.3 is 4.90 Å². The molecule has 1 aliphatic carbocycles. The molecule has 2 aromatic rings. The van der Waals surface area contributed by atoms with Crippen molar-refractivity contribution in [2.45, 2.75) is 18.9 Å². The largest absolute Gasteiger partial charge is 0.305 e. The first-order chi connectivity index (χ1) is 9.27. The topological polar surface area (TPSA) is 20.3 Å². The van der Waals surface area contributed by atoms with Gasteiger partial charge in [-0.2, -0.15) is 0 Å². The van der Waals surface area contributed by atoms with E-state index in [2.05, 4.69) is 0 Å². The molecule has 0 N–H and O–H groups in total. The molecule has 1 aliphatic rings. The molecule has 2 nitrogen and oxygen atoms in total. The zero-order chi connectivity index (χ0) is 13.2. The smallest absolute Gasteiger partial charge is 0.260 e. The molecule has 0 radical (unpaired) electrons. The van der Waals surface area contributed by atoms with Gasteiger partial charge in [-0.15, -0.1) is 0 Å². The summed E-state index contributed by atoms with van der Waals surface area (Å²) in [5.41, 5.74) is 1.51. The average molecular weight is 272 g/mol. The van der Waals surface area contributed by atoms with Crippen molar-refractivity contribution in [3.05, 3.63) is 65.2 Å². The molecule has 0 saturated heterocycles. The van der Waals surface area contributed by atoms with Gasteiger partial charge >= 0.3 is 0 Å². The van der Waals surface area contributed by atoms with Crippen molar-refractivity contribution >= 4 is 23.2 Å². The summed E-state index contributed by atoms with van der Waals surface area (Å²) in [5.74, 6) is -0.0145. The number of amides is 1. The van der Waals surface area contributed by atoms with Crippen LogP contribution in [0.15, 0.2) is 54.6 Å². The van der Waals surface area contributed by atoms with Crippen molar-refractivity contribution in [3.63, 3.8) is 0 Å². The fourth-order valence-electron chi connectivity index (χ4n) is 2.18. The predicted octanol–water partition coefficient (Wildman–Crippen LogP) is 4.15. The van der Waals surface area contributed by atoms with E-state index in [0.717, 1.165) is 18.5 Å². The Labute approximate surface area is 117 Å². The number of carbonyl (C=O) groups excluding carboxylic acids is 1. The monoisotopic (exact) mass is 271 g/mol. The zero-order valence-electron chi connectivity index (χ0n) is 10.4. The third-order valence-corrected chi connectivity index (χ3v) is 3.60. The van der Waals surface area contributed by atoms with E-state index in [1.54, 1.807) is 12.1 Å². The van der Waals surface area contributed by atoms with Gasteiger partial charge in [0.15, 0.2) is 0 Å². The molecule has 3 heteroatoms. The van der Waals surface area contributed by atoms with Gasteiger partial charge in [0.2, 0.25) is 0 Å². The van der Waals surface area contributed by atoms with Gasteiger partial charge in [0.1, 0.15) is 0 Å². The fourth-order valence-corrected chi connectivity index (χ4v) is 2.40. The molecular formula is C16H14ClNO. The van der Waals surface area contributed by atoms with Crippen LogP contribution in [0.25, 0.3) is 0 Å². The lowest BCUT2D eigenvalue weighted by atomic mass is 10.1. The lowest BCUT2D eigenvalue weighted by Gasteiger charge is -2.23. The summed E-state index contributed by atoms with van der Waals surface area (Å²) < 4.78 is 0. The Kier molecular flexibility index (Phi) is 3.26. The van der Waals surface area contributed by atoms with E-state index in [1.807, 2.05) is 47.4 Å². The highest BCUT2D eigenvalue weighted by Crippen LogP contribution is 2.33. The number of halogens is 1. The molecule has 1 saturated carbocycles. The van der Waals surface area contributed by atoms with E-state index in [1.165, 1.54) is 0 Å². The van der Waals surface area contributed by atoms with Crippen molar-refractivity contribution in [2.75, 3.05) is 4.90 Å². The van der Waals surface area contributed by atoms with Gasteiger partial charge in [-0.25, -0.2) is 0 Å². The second-order valence-electron chi connectivity index (χ2n) is 4.72. The average Bonchev–Trinajstić information content (AvgIpc) is 3.25. The molecule has 96 valence electrons. The van der Waals surface area contributed by atoms with Gasteiger partial charge in [0.05, 0.1) is 10.6 Å². The van der Waals surface area contributed by atoms with Crippen LogP contribution < -0.4 is 4.90 Å². The Hall–Kier alpha value is -1.80. The highest BCUT2D eigenvalue weighted by Gasteiger charge is 2.34. The summed E-state index contributed by atoms with van der Waals surface area (Å²) in [4.78, 5) is 14.6. The Balaban J connectivity index is 1.98. The first kappa shape index (κ1) is 12.2. The molecule has 0 atom stereocenters. The van der Waals surface area contributed by atoms with Crippen molar-refractivity contribution in [3.8, 4) is 0 Å². The summed E-state index contributed by atoms with van der Waals surface area (Å²) in [6.07, 6.45) is 2.12. The molecule has 0 heterocycles. The van der Waals surface area contributed by atoms with E-state index in [-0.39, 0.29) is 5.91 Å². The summed E-state index contributed by atoms with van der Waals surface area (Å²) in [5, 5.41) is 0.508. The number of hydrogen-bond acceptors (Lipinski definition) is 1. The van der Waals surface area contributed by atoms with Crippen LogP contribution >= 0.6 is 11.6 Å². The van der Waals surface area contributed by atoms with Crippen molar-refractivity contribution < 1.29 is 4.79 Å². The lowest BCUT2D eigenvalue weighted by molar-refractivity contribution is 0.0985. The van der Waals surface area contributed by atoms with Gasteiger partial charge in [-0.1, -0.05) is 41.9 Å². The van der Waals surface area contributed by atoms with Crippen LogP contribution in [-0.2, 0) is 0 Å². The number of anilines is 1. The first-order valence-corrected chi connectivity index (χ1v) is 6.78. The molecule has 3 rings (SSSR count). The van der Waals surface area contributed by atoms with E-state index in [0.29, 0.717) is 16.6 Å². The molecular weight excluding hydrogens is 258 g/mol. The van der Waals surface area contributed by atoms with Crippen LogP contribution in [-0.4, -0.2) is 11.9 Å². The normalized spacial score (nSPS) is 14.2. The third kappa shape index (κ3) is 2.49. The maximum atomic E-state index is 12.7. The fraction of sp³-hybridized carbons (Fsp3) is 0.188. The number of nitrogens with zero attached hydrogens (tertiary/aromatic N) is 1. The van der Waals surface area contributed by atoms with E-state index in [4.69, 9.17) is 11.6 Å². The van der Waals surface area contributed by atoms with E-state index >= 15 is 0 Å². The highest BCUT2D eigenvalue weighted by molar-refractivity contribution is 6.34. The first-order valence-electron chi connectivity index (χ1n) is 6.40. The number of para-hydroxylation sites is 1. The highest BCUT2D eigenvalue weighted by atomic mass is 35.5. The summed E-state index contributed by atoms with van der Waals surface area (Å²) in [6, 6.07) is 17.3. The van der Waals surface area contributed by atoms with Crippen LogP contribution in [0, 0.1) is 0 Å². The van der Waals surface area contributed by atoms with Gasteiger partial charge in [0, 0.05) is 11.7 Å². The van der Waals surface area contributed by atoms with Crippen LogP contribution in [0.2, 0.25) is 5.02 Å². The Morgan fingerprint density at radius 1 is 1.00 bits per heavy atom. The molecule has 0 spiro atoms. The second-order valence-corrected chi connectivity index (χ2v) is 5.13. The molecule has 0 aliphatic heterocycles. The van der Waals surface area contributed by atoms with E-state index < -0.39 is 0 Å². The van der Waals surface area contributed by atoms with Crippen molar-refractivity contribution in [2.24, 2.45) is 0 Å². The summed E-state index contributed by atoms with van der Waals surface area (Å²) in [7, 11) is 0. The maximum absolute atomic E-state index is 12.7. The van der Waals surface area contributed by atoms with Crippen molar-refractivity contribution in [1.29, 1.82) is 0 Å². The van der Waals surface area contributed by atoms with Crippen molar-refractivity contribution in [1.82, 2.24) is 0 Å². The molecule has 1 amide bonds. The maximum Gasteiger partial charge on any atom is 0.260 e. The minimum absolute atomic E-state index is 0.0145. The number of benzene rings is 2. The van der Waals surface area contributed by atoms with Crippen LogP contribution in [0.5, 0.6) is 0 Å².